The van der Waals surface area contributed by atoms with Crippen molar-refractivity contribution in [1.82, 2.24) is 20.8 Å². The number of rotatable bonds is 8. The lowest BCUT2D eigenvalue weighted by Crippen LogP contribution is -2.31. The Labute approximate surface area is 138 Å². The van der Waals surface area contributed by atoms with Gasteiger partial charge in [-0.15, -0.1) is 0 Å². The van der Waals surface area contributed by atoms with Gasteiger partial charge in [0.05, 0.1) is 30.1 Å². The highest BCUT2D eigenvalue weighted by Crippen LogP contribution is 2.05. The first-order chi connectivity index (χ1) is 11.6. The van der Waals surface area contributed by atoms with Crippen LogP contribution in [-0.4, -0.2) is 35.7 Å². The lowest BCUT2D eigenvalue weighted by atomic mass is 10.2. The van der Waals surface area contributed by atoms with Crippen LogP contribution in [0.5, 0.6) is 0 Å². The zero-order valence-corrected chi connectivity index (χ0v) is 13.3. The number of amides is 2. The summed E-state index contributed by atoms with van der Waals surface area (Å²) in [5, 5.41) is 12.0. The Balaban J connectivity index is 1.69. The molecule has 0 saturated heterocycles. The van der Waals surface area contributed by atoms with E-state index in [0.29, 0.717) is 13.2 Å². The molecule has 0 aliphatic heterocycles. The molecule has 0 fully saturated rings. The number of aromatic amines is 1. The van der Waals surface area contributed by atoms with Crippen molar-refractivity contribution in [2.45, 2.75) is 19.6 Å². The van der Waals surface area contributed by atoms with Gasteiger partial charge in [0, 0.05) is 20.1 Å². The first-order valence-electron chi connectivity index (χ1n) is 7.41. The molecule has 0 aliphatic rings. The van der Waals surface area contributed by atoms with Gasteiger partial charge in [-0.1, -0.05) is 12.1 Å². The van der Waals surface area contributed by atoms with Gasteiger partial charge in [-0.05, 0) is 18.2 Å². The average Bonchev–Trinajstić information content (AvgIpc) is 3.01. The van der Waals surface area contributed by atoms with Gasteiger partial charge < -0.3 is 15.4 Å². The van der Waals surface area contributed by atoms with E-state index in [1.807, 2.05) is 0 Å². The lowest BCUT2D eigenvalue weighted by molar-refractivity contribution is -0.121. The zero-order valence-electron chi connectivity index (χ0n) is 13.3. The summed E-state index contributed by atoms with van der Waals surface area (Å²) >= 11 is 0. The maximum absolute atomic E-state index is 13.4. The highest BCUT2D eigenvalue weighted by molar-refractivity contribution is 5.94. The van der Waals surface area contributed by atoms with Crippen molar-refractivity contribution < 1.29 is 18.7 Å². The second kappa shape index (κ2) is 8.78. The van der Waals surface area contributed by atoms with Gasteiger partial charge in [0.1, 0.15) is 5.82 Å². The summed E-state index contributed by atoms with van der Waals surface area (Å²) in [6, 6.07) is 7.48. The smallest absolute Gasteiger partial charge is 0.254 e. The summed E-state index contributed by atoms with van der Waals surface area (Å²) in [5.41, 5.74) is 1.46. The fraction of sp³-hybridized carbons (Fsp3) is 0.312. The predicted octanol–water partition coefficient (Wildman–Crippen LogP) is 1.13. The van der Waals surface area contributed by atoms with E-state index >= 15 is 0 Å². The number of hydrogen-bond donors (Lipinski definition) is 3. The Hall–Kier alpha value is -2.74. The molecule has 0 aliphatic carbocycles. The van der Waals surface area contributed by atoms with Gasteiger partial charge in [0.2, 0.25) is 5.91 Å². The first kappa shape index (κ1) is 17.6. The summed E-state index contributed by atoms with van der Waals surface area (Å²) in [7, 11) is 1.58. The minimum atomic E-state index is -0.592. The number of H-pyrrole nitrogens is 1. The van der Waals surface area contributed by atoms with Crippen LogP contribution >= 0.6 is 0 Å². The Morgan fingerprint density at radius 1 is 1.29 bits per heavy atom. The van der Waals surface area contributed by atoms with Crippen LogP contribution in [-0.2, 0) is 22.7 Å². The van der Waals surface area contributed by atoms with Gasteiger partial charge >= 0.3 is 0 Å². The van der Waals surface area contributed by atoms with Crippen LogP contribution in [0.15, 0.2) is 30.3 Å². The van der Waals surface area contributed by atoms with E-state index in [2.05, 4.69) is 20.8 Å². The normalized spacial score (nSPS) is 10.4. The molecule has 2 rings (SSSR count). The van der Waals surface area contributed by atoms with Gasteiger partial charge in [-0.25, -0.2) is 4.39 Å². The lowest BCUT2D eigenvalue weighted by Gasteiger charge is -2.06. The van der Waals surface area contributed by atoms with Crippen LogP contribution in [0.1, 0.15) is 28.2 Å². The second-order valence-electron chi connectivity index (χ2n) is 5.08. The summed E-state index contributed by atoms with van der Waals surface area (Å²) in [6.45, 7) is 0.820. The second-order valence-corrected chi connectivity index (χ2v) is 5.08. The number of methoxy groups -OCH3 is 1. The molecule has 8 heteroatoms. The van der Waals surface area contributed by atoms with E-state index in [-0.39, 0.29) is 24.4 Å². The fourth-order valence-electron chi connectivity index (χ4n) is 2.03. The third-order valence-electron chi connectivity index (χ3n) is 3.21. The van der Waals surface area contributed by atoms with Gasteiger partial charge in [0.15, 0.2) is 0 Å². The van der Waals surface area contributed by atoms with Crippen molar-refractivity contribution in [1.29, 1.82) is 0 Å². The first-order valence-corrected chi connectivity index (χ1v) is 7.41. The number of aromatic nitrogens is 2. The van der Waals surface area contributed by atoms with Crippen LogP contribution < -0.4 is 10.6 Å². The van der Waals surface area contributed by atoms with Crippen LogP contribution in [0.4, 0.5) is 4.39 Å². The van der Waals surface area contributed by atoms with Gasteiger partial charge in [-0.3, -0.25) is 14.7 Å². The Morgan fingerprint density at radius 2 is 2.08 bits per heavy atom. The van der Waals surface area contributed by atoms with E-state index in [1.54, 1.807) is 19.2 Å². The van der Waals surface area contributed by atoms with Gasteiger partial charge in [0.25, 0.3) is 5.91 Å². The van der Waals surface area contributed by atoms with Crippen LogP contribution in [0, 0.1) is 5.82 Å². The molecule has 0 saturated carbocycles. The number of benzene rings is 1. The molecule has 3 N–H and O–H groups in total. The highest BCUT2D eigenvalue weighted by Gasteiger charge is 2.11. The molecule has 0 radical (unpaired) electrons. The van der Waals surface area contributed by atoms with Gasteiger partial charge in [-0.2, -0.15) is 5.10 Å². The summed E-state index contributed by atoms with van der Waals surface area (Å²) in [4.78, 5) is 23.5. The SMILES string of the molecule is COCc1cc(CNC(=O)CCNC(=O)c2ccccc2F)[nH]n1. The van der Waals surface area contributed by atoms with Crippen molar-refractivity contribution in [3.05, 3.63) is 53.1 Å². The third kappa shape index (κ3) is 5.17. The van der Waals surface area contributed by atoms with E-state index in [4.69, 9.17) is 4.74 Å². The number of hydrogen-bond acceptors (Lipinski definition) is 4. The largest absolute Gasteiger partial charge is 0.378 e. The Bertz CT molecular complexity index is 702. The number of nitrogens with zero attached hydrogens (tertiary/aromatic N) is 1. The third-order valence-corrected chi connectivity index (χ3v) is 3.21. The number of ether oxygens (including phenoxy) is 1. The molecule has 0 unspecified atom stereocenters. The van der Waals surface area contributed by atoms with Crippen LogP contribution in [0.2, 0.25) is 0 Å². The minimum Gasteiger partial charge on any atom is -0.378 e. The molecular formula is C16H19FN4O3. The molecule has 2 amide bonds. The number of nitrogens with one attached hydrogen (secondary N) is 3. The number of carbonyl (C=O) groups excluding carboxylic acids is 2. The van der Waals surface area contributed by atoms with E-state index in [9.17, 15) is 14.0 Å². The van der Waals surface area contributed by atoms with Crippen molar-refractivity contribution in [2.75, 3.05) is 13.7 Å². The quantitative estimate of drug-likeness (QED) is 0.674. The average molecular weight is 334 g/mol. The summed E-state index contributed by atoms with van der Waals surface area (Å²) < 4.78 is 18.4. The molecule has 0 atom stereocenters. The van der Waals surface area contributed by atoms with E-state index in [1.165, 1.54) is 18.2 Å². The molecule has 7 nitrogen and oxygen atoms in total. The van der Waals surface area contributed by atoms with Crippen LogP contribution in [0.25, 0.3) is 0 Å². The molecule has 1 aromatic carbocycles. The predicted molar refractivity (Wildman–Crippen MR) is 84.5 cm³/mol. The molecule has 0 bridgehead atoms. The van der Waals surface area contributed by atoms with E-state index in [0.717, 1.165) is 11.4 Å². The molecule has 1 aromatic heterocycles. The standard InChI is InChI=1S/C16H19FN4O3/c1-24-10-12-8-11(20-21-12)9-19-15(22)6-7-18-16(23)13-4-2-3-5-14(13)17/h2-5,8H,6-7,9-10H2,1H3,(H,18,23)(H,19,22)(H,20,21). The van der Waals surface area contributed by atoms with Crippen molar-refractivity contribution in [2.24, 2.45) is 0 Å². The summed E-state index contributed by atoms with van der Waals surface area (Å²) in [5.74, 6) is -1.36. The maximum Gasteiger partial charge on any atom is 0.254 e. The Kier molecular flexibility index (Phi) is 6.44. The van der Waals surface area contributed by atoms with Crippen molar-refractivity contribution in [3.63, 3.8) is 0 Å². The molecule has 128 valence electrons. The van der Waals surface area contributed by atoms with Crippen LogP contribution in [0.3, 0.4) is 0 Å². The molecule has 0 spiro atoms. The maximum atomic E-state index is 13.4. The van der Waals surface area contributed by atoms with Crippen molar-refractivity contribution >= 4 is 11.8 Å². The molecule has 24 heavy (non-hydrogen) atoms. The molecule has 2 aromatic rings. The fourth-order valence-corrected chi connectivity index (χ4v) is 2.03. The number of carbonyl (C=O) groups is 2. The minimum absolute atomic E-state index is 0.0407. The highest BCUT2D eigenvalue weighted by atomic mass is 19.1. The number of halogens is 1. The van der Waals surface area contributed by atoms with E-state index < -0.39 is 11.7 Å². The van der Waals surface area contributed by atoms with Crippen molar-refractivity contribution in [3.8, 4) is 0 Å². The Morgan fingerprint density at radius 3 is 2.83 bits per heavy atom. The topological polar surface area (TPSA) is 96.1 Å². The zero-order chi connectivity index (χ0) is 17.4. The molecule has 1 heterocycles. The summed E-state index contributed by atoms with van der Waals surface area (Å²) in [6.07, 6.45) is 0.0965. The molecular weight excluding hydrogens is 315 g/mol. The monoisotopic (exact) mass is 334 g/mol.